The van der Waals surface area contributed by atoms with Crippen LogP contribution in [0.5, 0.6) is 0 Å². The van der Waals surface area contributed by atoms with Crippen molar-refractivity contribution in [2.24, 2.45) is 0 Å². The van der Waals surface area contributed by atoms with Crippen LogP contribution in [-0.2, 0) is 17.9 Å². The molecule has 0 aliphatic heterocycles. The number of thiophene rings is 1. The van der Waals surface area contributed by atoms with Gasteiger partial charge in [-0.05, 0) is 28.6 Å². The fraction of sp³-hybridized carbons (Fsp3) is 0.250. The molecule has 168 valence electrons. The van der Waals surface area contributed by atoms with Gasteiger partial charge >= 0.3 is 0 Å². The molecule has 0 radical (unpaired) electrons. The van der Waals surface area contributed by atoms with Crippen molar-refractivity contribution in [2.45, 2.75) is 38.8 Å². The highest BCUT2D eigenvalue weighted by molar-refractivity contribution is 7.10. The lowest BCUT2D eigenvalue weighted by atomic mass is 10.0. The molecular weight excluding hydrogens is 440 g/mol. The summed E-state index contributed by atoms with van der Waals surface area (Å²) in [7, 11) is -1.10. The van der Waals surface area contributed by atoms with Gasteiger partial charge in [0.1, 0.15) is 6.73 Å². The van der Waals surface area contributed by atoms with Crippen LogP contribution in [0.1, 0.15) is 21.6 Å². The second-order valence-corrected chi connectivity index (χ2v) is 16.4. The van der Waals surface area contributed by atoms with E-state index in [0.717, 1.165) is 18.7 Å². The van der Waals surface area contributed by atoms with E-state index in [1.165, 1.54) is 44.4 Å². The fourth-order valence-electron chi connectivity index (χ4n) is 4.18. The number of hydrogen-bond donors (Lipinski definition) is 0. The highest BCUT2D eigenvalue weighted by Gasteiger charge is 2.29. The Labute approximate surface area is 201 Å². The average Bonchev–Trinajstić information content (AvgIpc) is 3.48. The Balaban J connectivity index is 1.38. The van der Waals surface area contributed by atoms with Crippen molar-refractivity contribution in [1.82, 2.24) is 9.78 Å². The normalized spacial score (nSPS) is 12.9. The van der Waals surface area contributed by atoms with Crippen LogP contribution in [0.4, 0.5) is 0 Å². The molecule has 5 rings (SSSR count). The summed E-state index contributed by atoms with van der Waals surface area (Å²) in [6.45, 7) is 8.47. The number of fused-ring (bicyclic) bond motifs is 3. The van der Waals surface area contributed by atoms with Gasteiger partial charge in [-0.25, -0.2) is 4.68 Å². The average molecular weight is 471 g/mol. The van der Waals surface area contributed by atoms with Crippen molar-refractivity contribution >= 4 is 31.6 Å². The maximum absolute atomic E-state index is 6.08. The lowest BCUT2D eigenvalue weighted by molar-refractivity contribution is 0.0799. The summed E-state index contributed by atoms with van der Waals surface area (Å²) in [5.74, 6) is 0. The molecule has 2 aromatic carbocycles. The van der Waals surface area contributed by atoms with E-state index in [9.17, 15) is 0 Å². The molecule has 2 heterocycles. The van der Waals surface area contributed by atoms with E-state index < -0.39 is 8.07 Å². The Hall–Kier alpha value is -2.73. The van der Waals surface area contributed by atoms with Gasteiger partial charge in [0.25, 0.3) is 0 Å². The molecule has 4 aromatic rings. The van der Waals surface area contributed by atoms with Gasteiger partial charge in [-0.2, -0.15) is 5.10 Å². The SMILES string of the molecule is C[Si](C)(C)CCOCn1nc(-c2ccc(/C=C/c3ccccc3)cc2)c2c1-c1ccsc1C2. The zero-order valence-corrected chi connectivity index (χ0v) is 21.4. The van der Waals surface area contributed by atoms with Crippen LogP contribution in [0.3, 0.4) is 0 Å². The molecular formula is C28H30N2OSSi. The third-order valence-corrected chi connectivity index (χ3v) is 8.68. The first-order valence-corrected chi connectivity index (χ1v) is 16.1. The molecule has 0 amide bonds. The second-order valence-electron chi connectivity index (χ2n) is 9.82. The molecule has 0 unspecified atom stereocenters. The summed E-state index contributed by atoms with van der Waals surface area (Å²) in [5.41, 5.74) is 8.54. The van der Waals surface area contributed by atoms with Crippen LogP contribution in [-0.4, -0.2) is 24.5 Å². The van der Waals surface area contributed by atoms with Crippen LogP contribution >= 0.6 is 11.3 Å². The molecule has 3 nitrogen and oxygen atoms in total. The minimum Gasteiger partial charge on any atom is -0.360 e. The predicted octanol–water partition coefficient (Wildman–Crippen LogP) is 7.67. The molecule has 0 atom stereocenters. The standard InChI is InChI=1S/C28H30N2OSSi/c1-33(2,3)18-16-31-20-30-28-24-15-17-32-26(24)19-25(28)27(29-30)23-13-11-22(12-14-23)10-9-21-7-5-4-6-8-21/h4-15,17H,16,18-20H2,1-3H3/b10-9+. The lowest BCUT2D eigenvalue weighted by Gasteiger charge is -2.15. The number of hydrogen-bond acceptors (Lipinski definition) is 3. The molecule has 33 heavy (non-hydrogen) atoms. The van der Waals surface area contributed by atoms with Crippen molar-refractivity contribution in [2.75, 3.05) is 6.61 Å². The summed E-state index contributed by atoms with van der Waals surface area (Å²) >= 11 is 1.84. The minimum atomic E-state index is -1.10. The van der Waals surface area contributed by atoms with Gasteiger partial charge in [0.05, 0.1) is 11.4 Å². The van der Waals surface area contributed by atoms with Gasteiger partial charge in [0, 0.05) is 42.7 Å². The van der Waals surface area contributed by atoms with Gasteiger partial charge in [-0.3, -0.25) is 0 Å². The molecule has 0 saturated carbocycles. The third kappa shape index (κ3) is 4.96. The van der Waals surface area contributed by atoms with E-state index in [2.05, 4.69) is 96.5 Å². The number of ether oxygens (including phenoxy) is 1. The van der Waals surface area contributed by atoms with Crippen LogP contribution < -0.4 is 0 Å². The van der Waals surface area contributed by atoms with Crippen molar-refractivity contribution in [3.63, 3.8) is 0 Å². The molecule has 0 fully saturated rings. The summed E-state index contributed by atoms with van der Waals surface area (Å²) in [6.07, 6.45) is 5.27. The Morgan fingerprint density at radius 2 is 1.70 bits per heavy atom. The van der Waals surface area contributed by atoms with E-state index in [0.29, 0.717) is 6.73 Å². The van der Waals surface area contributed by atoms with Crippen LogP contribution in [0.15, 0.2) is 66.0 Å². The Morgan fingerprint density at radius 1 is 0.970 bits per heavy atom. The summed E-state index contributed by atoms with van der Waals surface area (Å²) < 4.78 is 8.16. The summed E-state index contributed by atoms with van der Waals surface area (Å²) in [4.78, 5) is 1.43. The zero-order chi connectivity index (χ0) is 22.8. The van der Waals surface area contributed by atoms with Crippen molar-refractivity contribution in [3.8, 4) is 22.5 Å². The Kier molecular flexibility index (Phi) is 6.19. The number of rotatable bonds is 8. The zero-order valence-electron chi connectivity index (χ0n) is 19.5. The Bertz CT molecular complexity index is 1260. The van der Waals surface area contributed by atoms with E-state index in [1.807, 2.05) is 17.4 Å². The molecule has 0 spiro atoms. The van der Waals surface area contributed by atoms with Crippen molar-refractivity contribution in [1.29, 1.82) is 0 Å². The fourth-order valence-corrected chi connectivity index (χ4v) is 5.83. The number of nitrogens with zero attached hydrogens (tertiary/aromatic N) is 2. The van der Waals surface area contributed by atoms with E-state index in [1.54, 1.807) is 0 Å². The molecule has 0 saturated heterocycles. The minimum absolute atomic E-state index is 0.514. The van der Waals surface area contributed by atoms with Gasteiger partial charge in [-0.1, -0.05) is 86.4 Å². The Morgan fingerprint density at radius 3 is 2.42 bits per heavy atom. The quantitative estimate of drug-likeness (QED) is 0.132. The smallest absolute Gasteiger partial charge is 0.140 e. The predicted molar refractivity (Wildman–Crippen MR) is 143 cm³/mol. The highest BCUT2D eigenvalue weighted by Crippen LogP contribution is 2.44. The molecule has 1 aliphatic carbocycles. The first-order valence-electron chi connectivity index (χ1n) is 11.6. The highest BCUT2D eigenvalue weighted by atomic mass is 32.1. The van der Waals surface area contributed by atoms with Crippen LogP contribution in [0.25, 0.3) is 34.7 Å². The third-order valence-electron chi connectivity index (χ3n) is 6.05. The van der Waals surface area contributed by atoms with Crippen molar-refractivity contribution in [3.05, 3.63) is 87.6 Å². The van der Waals surface area contributed by atoms with Crippen LogP contribution in [0, 0.1) is 0 Å². The molecule has 2 aromatic heterocycles. The second kappa shape index (κ2) is 9.25. The van der Waals surface area contributed by atoms with Gasteiger partial charge < -0.3 is 4.74 Å². The first kappa shape index (κ1) is 22.1. The van der Waals surface area contributed by atoms with E-state index >= 15 is 0 Å². The topological polar surface area (TPSA) is 27.1 Å². The van der Waals surface area contributed by atoms with Gasteiger partial charge in [-0.15, -0.1) is 11.3 Å². The van der Waals surface area contributed by atoms with Gasteiger partial charge in [0.2, 0.25) is 0 Å². The van der Waals surface area contributed by atoms with Crippen LogP contribution in [0.2, 0.25) is 25.7 Å². The molecule has 0 bridgehead atoms. The van der Waals surface area contributed by atoms with Crippen molar-refractivity contribution < 1.29 is 4.74 Å². The largest absolute Gasteiger partial charge is 0.360 e. The maximum atomic E-state index is 6.08. The van der Waals surface area contributed by atoms with Gasteiger partial charge in [0.15, 0.2) is 0 Å². The monoisotopic (exact) mass is 470 g/mol. The summed E-state index contributed by atoms with van der Waals surface area (Å²) in [5, 5.41) is 7.21. The molecule has 1 aliphatic rings. The summed E-state index contributed by atoms with van der Waals surface area (Å²) in [6, 6.07) is 22.5. The molecule has 5 heteroatoms. The molecule has 0 N–H and O–H groups in total. The van der Waals surface area contributed by atoms with E-state index in [-0.39, 0.29) is 0 Å². The first-order chi connectivity index (χ1) is 16.0. The lowest BCUT2D eigenvalue weighted by Crippen LogP contribution is -2.22. The number of aromatic nitrogens is 2. The van der Waals surface area contributed by atoms with E-state index in [4.69, 9.17) is 9.84 Å². The number of benzene rings is 2. The maximum Gasteiger partial charge on any atom is 0.140 e.